The molecule has 8 nitrogen and oxygen atoms in total. The molecule has 192 valence electrons. The van der Waals surface area contributed by atoms with Crippen molar-refractivity contribution in [1.82, 2.24) is 9.62 Å². The fourth-order valence-electron chi connectivity index (χ4n) is 5.67. The van der Waals surface area contributed by atoms with Crippen LogP contribution in [0.15, 0.2) is 62.8 Å². The van der Waals surface area contributed by atoms with E-state index in [4.69, 9.17) is 4.74 Å². The van der Waals surface area contributed by atoms with Crippen molar-refractivity contribution in [2.24, 2.45) is 15.4 Å². The zero-order valence-corrected chi connectivity index (χ0v) is 21.9. The molecule has 1 saturated heterocycles. The maximum atomic E-state index is 13.0. The summed E-state index contributed by atoms with van der Waals surface area (Å²) >= 11 is 0. The molecule has 3 atom stereocenters. The number of benzene rings is 2. The maximum absolute atomic E-state index is 13.0. The van der Waals surface area contributed by atoms with Gasteiger partial charge in [0.05, 0.1) is 17.7 Å². The quantitative estimate of drug-likeness (QED) is 0.553. The van der Waals surface area contributed by atoms with Crippen molar-refractivity contribution < 1.29 is 13.2 Å². The summed E-state index contributed by atoms with van der Waals surface area (Å²) in [6.45, 7) is 7.62. The molecule has 2 aromatic carbocycles. The molecule has 3 heterocycles. The Morgan fingerprint density at radius 2 is 1.92 bits per heavy atom. The van der Waals surface area contributed by atoms with Crippen LogP contribution in [0, 0.1) is 6.92 Å². The number of hydrogen-bond donors (Lipinski definition) is 1. The average Bonchev–Trinajstić information content (AvgIpc) is 3.33. The summed E-state index contributed by atoms with van der Waals surface area (Å²) < 4.78 is 34.9. The number of nitrogens with one attached hydrogen (secondary N) is 1. The average molecular weight is 510 g/mol. The number of rotatable bonds is 8. The normalized spacial score (nSPS) is 24.9. The lowest BCUT2D eigenvalue weighted by Gasteiger charge is -2.37. The summed E-state index contributed by atoms with van der Waals surface area (Å²) in [6.07, 6.45) is 6.85. The van der Waals surface area contributed by atoms with Gasteiger partial charge < -0.3 is 4.74 Å². The van der Waals surface area contributed by atoms with Gasteiger partial charge in [-0.25, -0.2) is 13.1 Å². The Hall–Kier alpha value is -2.62. The molecule has 0 radical (unpaired) electrons. The maximum Gasteiger partial charge on any atom is 0.240 e. The van der Waals surface area contributed by atoms with Crippen LogP contribution in [0.1, 0.15) is 61.6 Å². The summed E-state index contributed by atoms with van der Waals surface area (Å²) in [5, 5.41) is 12.6. The van der Waals surface area contributed by atoms with E-state index in [-0.39, 0.29) is 16.9 Å². The Balaban J connectivity index is 1.34. The zero-order chi connectivity index (χ0) is 25.2. The van der Waals surface area contributed by atoms with Crippen molar-refractivity contribution in [1.29, 1.82) is 0 Å². The summed E-state index contributed by atoms with van der Waals surface area (Å²) in [6, 6.07) is 13.0. The van der Waals surface area contributed by atoms with Gasteiger partial charge in [0.1, 0.15) is 11.3 Å². The van der Waals surface area contributed by atoms with E-state index in [1.807, 2.05) is 13.8 Å². The van der Waals surface area contributed by atoms with Gasteiger partial charge in [-0.05, 0) is 81.6 Å². The second-order valence-electron chi connectivity index (χ2n) is 10.4. The van der Waals surface area contributed by atoms with Gasteiger partial charge in [0.2, 0.25) is 10.0 Å². The van der Waals surface area contributed by atoms with Crippen molar-refractivity contribution in [3.05, 3.63) is 59.2 Å². The highest BCUT2D eigenvalue weighted by molar-refractivity contribution is 7.89. The monoisotopic (exact) mass is 509 g/mol. The van der Waals surface area contributed by atoms with Gasteiger partial charge in [-0.1, -0.05) is 36.2 Å². The number of nitrogens with zero attached hydrogens (tertiary/aromatic N) is 4. The number of hydrogen-bond acceptors (Lipinski definition) is 7. The highest BCUT2D eigenvalue weighted by Gasteiger charge is 2.45. The summed E-state index contributed by atoms with van der Waals surface area (Å²) in [7, 11) is -3.65. The second kappa shape index (κ2) is 10.4. The molecule has 1 N–H and O–H groups in total. The molecule has 0 saturated carbocycles. The number of fused-ring (bicyclic) bond motifs is 1. The molecule has 0 amide bonds. The molecule has 2 aromatic rings. The predicted octanol–water partition coefficient (Wildman–Crippen LogP) is 4.79. The van der Waals surface area contributed by atoms with Gasteiger partial charge in [-0.3, -0.25) is 4.90 Å². The largest absolute Gasteiger partial charge is 0.493 e. The smallest absolute Gasteiger partial charge is 0.240 e. The summed E-state index contributed by atoms with van der Waals surface area (Å²) in [5.41, 5.74) is 2.64. The predicted molar refractivity (Wildman–Crippen MR) is 140 cm³/mol. The SMILES string of the molecule is Cc1ccc(S(=O)(=O)NC(C)CC2(C3CCOc4cc(CN5CCCCC5)ccc43)C=NN=N2)cc1. The molecule has 3 aliphatic rings. The Morgan fingerprint density at radius 1 is 1.14 bits per heavy atom. The molecule has 9 heteroatoms. The highest BCUT2D eigenvalue weighted by Crippen LogP contribution is 2.45. The van der Waals surface area contributed by atoms with Gasteiger partial charge in [-0.2, -0.15) is 5.11 Å². The van der Waals surface area contributed by atoms with E-state index in [9.17, 15) is 8.42 Å². The fourth-order valence-corrected chi connectivity index (χ4v) is 6.91. The Labute approximate surface area is 213 Å². The van der Waals surface area contributed by atoms with Crippen LogP contribution in [0.2, 0.25) is 0 Å². The van der Waals surface area contributed by atoms with Crippen molar-refractivity contribution in [3.8, 4) is 5.75 Å². The van der Waals surface area contributed by atoms with Crippen LogP contribution >= 0.6 is 0 Å². The van der Waals surface area contributed by atoms with Crippen LogP contribution < -0.4 is 9.46 Å². The van der Waals surface area contributed by atoms with Gasteiger partial charge in [0.25, 0.3) is 0 Å². The Morgan fingerprint density at radius 3 is 2.64 bits per heavy atom. The lowest BCUT2D eigenvalue weighted by Crippen LogP contribution is -2.44. The van der Waals surface area contributed by atoms with Gasteiger partial charge >= 0.3 is 0 Å². The van der Waals surface area contributed by atoms with E-state index in [1.165, 1.54) is 24.8 Å². The van der Waals surface area contributed by atoms with Crippen LogP contribution in [-0.2, 0) is 16.6 Å². The third-order valence-corrected chi connectivity index (χ3v) is 9.07. The lowest BCUT2D eigenvalue weighted by atomic mass is 9.74. The van der Waals surface area contributed by atoms with Crippen molar-refractivity contribution >= 4 is 16.2 Å². The van der Waals surface area contributed by atoms with Gasteiger partial charge in [0.15, 0.2) is 0 Å². The van der Waals surface area contributed by atoms with Crippen molar-refractivity contribution in [2.45, 2.75) is 74.9 Å². The summed E-state index contributed by atoms with van der Waals surface area (Å²) in [5.74, 6) is 0.898. The second-order valence-corrected chi connectivity index (χ2v) is 12.1. The van der Waals surface area contributed by atoms with E-state index >= 15 is 0 Å². The van der Waals surface area contributed by atoms with Crippen LogP contribution in [-0.4, -0.2) is 50.8 Å². The minimum Gasteiger partial charge on any atom is -0.493 e. The minimum absolute atomic E-state index is 0.00613. The molecule has 0 aromatic heterocycles. The van der Waals surface area contributed by atoms with Crippen molar-refractivity contribution in [3.63, 3.8) is 0 Å². The number of ether oxygens (including phenoxy) is 1. The van der Waals surface area contributed by atoms with E-state index in [0.29, 0.717) is 13.0 Å². The number of aryl methyl sites for hydroxylation is 1. The van der Waals surface area contributed by atoms with E-state index in [1.54, 1.807) is 30.5 Å². The molecular formula is C27H35N5O3S. The van der Waals surface area contributed by atoms with Gasteiger partial charge in [0, 0.05) is 24.1 Å². The topological polar surface area (TPSA) is 95.7 Å². The molecule has 0 aliphatic carbocycles. The van der Waals surface area contributed by atoms with Crippen LogP contribution in [0.5, 0.6) is 5.75 Å². The van der Waals surface area contributed by atoms with Crippen LogP contribution in [0.25, 0.3) is 0 Å². The van der Waals surface area contributed by atoms with Gasteiger partial charge in [-0.15, -0.1) is 5.10 Å². The first-order valence-electron chi connectivity index (χ1n) is 12.9. The molecular weight excluding hydrogens is 474 g/mol. The van der Waals surface area contributed by atoms with Crippen molar-refractivity contribution in [2.75, 3.05) is 19.7 Å². The zero-order valence-electron chi connectivity index (χ0n) is 21.1. The first kappa shape index (κ1) is 25.0. The third-order valence-electron chi connectivity index (χ3n) is 7.46. The molecule has 3 unspecified atom stereocenters. The molecule has 5 rings (SSSR count). The Kier molecular flexibility index (Phi) is 7.23. The molecule has 0 spiro atoms. The minimum atomic E-state index is -3.65. The molecule has 1 fully saturated rings. The van der Waals surface area contributed by atoms with Crippen LogP contribution in [0.3, 0.4) is 0 Å². The number of likely N-dealkylation sites (tertiary alicyclic amines) is 1. The highest BCUT2D eigenvalue weighted by atomic mass is 32.2. The fraction of sp³-hybridized carbons (Fsp3) is 0.519. The lowest BCUT2D eigenvalue weighted by molar-refractivity contribution is 0.218. The summed E-state index contributed by atoms with van der Waals surface area (Å²) in [4.78, 5) is 2.76. The van der Waals surface area contributed by atoms with E-state index < -0.39 is 15.6 Å². The molecule has 0 bridgehead atoms. The third kappa shape index (κ3) is 5.38. The standard InChI is InChI=1S/C27H35N5O3S/c1-20-6-9-23(10-7-20)36(33,34)29-21(2)17-27(19-28-31-30-27)25-12-15-35-26-16-22(8-11-24(25)26)18-32-13-4-3-5-14-32/h6-11,16,19,21,25,29H,3-5,12-15,17-18H2,1-2H3. The Bertz CT molecular complexity index is 1220. The van der Waals surface area contributed by atoms with Crippen LogP contribution in [0.4, 0.5) is 0 Å². The number of sulfonamides is 1. The first-order valence-corrected chi connectivity index (χ1v) is 14.4. The molecule has 3 aliphatic heterocycles. The first-order chi connectivity index (χ1) is 17.3. The molecule has 36 heavy (non-hydrogen) atoms. The number of piperidine rings is 1. The van der Waals surface area contributed by atoms with E-state index in [2.05, 4.69) is 43.3 Å². The van der Waals surface area contributed by atoms with E-state index in [0.717, 1.165) is 42.9 Å².